The van der Waals surface area contributed by atoms with Gasteiger partial charge in [-0.1, -0.05) is 30.3 Å². The average Bonchev–Trinajstić information content (AvgIpc) is 3.05. The van der Waals surface area contributed by atoms with Crippen LogP contribution in [0.5, 0.6) is 0 Å². The number of thioether (sulfide) groups is 1. The minimum atomic E-state index is 0.0625. The molecule has 0 bridgehead atoms. The molecule has 148 valence electrons. The van der Waals surface area contributed by atoms with Gasteiger partial charge in [0, 0.05) is 49.9 Å². The summed E-state index contributed by atoms with van der Waals surface area (Å²) >= 11 is 1.69. The summed E-state index contributed by atoms with van der Waals surface area (Å²) in [5.41, 5.74) is 1.96. The van der Waals surface area contributed by atoms with Gasteiger partial charge in [-0.3, -0.25) is 14.8 Å². The van der Waals surface area contributed by atoms with E-state index in [1.165, 1.54) is 5.56 Å². The SMILES string of the molecule is O=C(c1ccncc1)N1CCCN(c2cncc(SCc3ccccc3)n2)CC1. The van der Waals surface area contributed by atoms with Gasteiger partial charge in [-0.15, -0.1) is 11.8 Å². The van der Waals surface area contributed by atoms with Crippen LogP contribution < -0.4 is 4.90 Å². The van der Waals surface area contributed by atoms with Gasteiger partial charge in [-0.25, -0.2) is 4.98 Å². The number of anilines is 1. The molecule has 0 aliphatic carbocycles. The first-order chi connectivity index (χ1) is 14.3. The maximum Gasteiger partial charge on any atom is 0.254 e. The first-order valence-corrected chi connectivity index (χ1v) is 10.7. The van der Waals surface area contributed by atoms with E-state index < -0.39 is 0 Å². The lowest BCUT2D eigenvalue weighted by atomic mass is 10.2. The number of hydrogen-bond acceptors (Lipinski definition) is 6. The van der Waals surface area contributed by atoms with Crippen molar-refractivity contribution in [3.8, 4) is 0 Å². The van der Waals surface area contributed by atoms with Crippen molar-refractivity contribution in [2.45, 2.75) is 17.2 Å². The molecule has 7 heteroatoms. The number of pyridine rings is 1. The third-order valence-electron chi connectivity index (χ3n) is 4.86. The van der Waals surface area contributed by atoms with Gasteiger partial charge < -0.3 is 9.80 Å². The molecular weight excluding hydrogens is 382 g/mol. The Kier molecular flexibility index (Phi) is 6.36. The lowest BCUT2D eigenvalue weighted by Gasteiger charge is -2.23. The molecule has 6 nitrogen and oxygen atoms in total. The quantitative estimate of drug-likeness (QED) is 0.606. The highest BCUT2D eigenvalue weighted by Crippen LogP contribution is 2.23. The molecule has 1 aromatic carbocycles. The number of nitrogens with zero attached hydrogens (tertiary/aromatic N) is 5. The van der Waals surface area contributed by atoms with Gasteiger partial charge in [0.2, 0.25) is 0 Å². The van der Waals surface area contributed by atoms with Gasteiger partial charge >= 0.3 is 0 Å². The lowest BCUT2D eigenvalue weighted by molar-refractivity contribution is 0.0767. The smallest absolute Gasteiger partial charge is 0.254 e. The van der Waals surface area contributed by atoms with Gasteiger partial charge in [0.15, 0.2) is 0 Å². The topological polar surface area (TPSA) is 62.2 Å². The second-order valence-electron chi connectivity index (χ2n) is 6.86. The second-order valence-corrected chi connectivity index (χ2v) is 7.85. The third-order valence-corrected chi connectivity index (χ3v) is 5.83. The molecule has 0 radical (unpaired) electrons. The van der Waals surface area contributed by atoms with Crippen molar-refractivity contribution in [3.05, 3.63) is 78.4 Å². The maximum absolute atomic E-state index is 12.7. The molecule has 1 saturated heterocycles. The first-order valence-electron chi connectivity index (χ1n) is 9.72. The minimum Gasteiger partial charge on any atom is -0.353 e. The van der Waals surface area contributed by atoms with Crippen LogP contribution in [0.2, 0.25) is 0 Å². The van der Waals surface area contributed by atoms with E-state index in [0.29, 0.717) is 12.1 Å². The number of amides is 1. The largest absolute Gasteiger partial charge is 0.353 e. The molecule has 0 saturated carbocycles. The Balaban J connectivity index is 1.38. The summed E-state index contributed by atoms with van der Waals surface area (Å²) in [6.07, 6.45) is 7.85. The molecule has 1 amide bonds. The standard InChI is InChI=1S/C22H23N5OS/c28-22(19-7-9-23-10-8-19)27-12-4-11-26(13-14-27)20-15-24-16-21(25-20)29-17-18-5-2-1-3-6-18/h1-3,5-10,15-16H,4,11-14,17H2. The zero-order valence-electron chi connectivity index (χ0n) is 16.1. The van der Waals surface area contributed by atoms with Gasteiger partial charge in [0.25, 0.3) is 5.91 Å². The highest BCUT2D eigenvalue weighted by atomic mass is 32.2. The van der Waals surface area contributed by atoms with E-state index in [1.807, 2.05) is 35.5 Å². The number of benzene rings is 1. The van der Waals surface area contributed by atoms with Crippen molar-refractivity contribution in [2.24, 2.45) is 0 Å². The highest BCUT2D eigenvalue weighted by molar-refractivity contribution is 7.98. The molecule has 1 fully saturated rings. The number of hydrogen-bond donors (Lipinski definition) is 0. The zero-order chi connectivity index (χ0) is 19.9. The predicted octanol–water partition coefficient (Wildman–Crippen LogP) is 3.52. The lowest BCUT2D eigenvalue weighted by Crippen LogP contribution is -2.35. The molecule has 0 unspecified atom stereocenters. The van der Waals surface area contributed by atoms with Crippen molar-refractivity contribution in [1.82, 2.24) is 19.9 Å². The molecule has 3 aromatic rings. The zero-order valence-corrected chi connectivity index (χ0v) is 17.0. The number of carbonyl (C=O) groups is 1. The summed E-state index contributed by atoms with van der Waals surface area (Å²) in [5, 5.41) is 0.917. The van der Waals surface area contributed by atoms with Crippen LogP contribution in [0, 0.1) is 0 Å². The summed E-state index contributed by atoms with van der Waals surface area (Å²) in [6, 6.07) is 13.9. The van der Waals surface area contributed by atoms with Crippen LogP contribution >= 0.6 is 11.8 Å². The third kappa shape index (κ3) is 5.12. The summed E-state index contributed by atoms with van der Waals surface area (Å²) in [6.45, 7) is 3.03. The van der Waals surface area contributed by atoms with Crippen LogP contribution in [0.4, 0.5) is 5.82 Å². The van der Waals surface area contributed by atoms with Crippen molar-refractivity contribution >= 4 is 23.5 Å². The maximum atomic E-state index is 12.7. The fourth-order valence-electron chi connectivity index (χ4n) is 3.32. The molecule has 0 spiro atoms. The van der Waals surface area contributed by atoms with Crippen molar-refractivity contribution in [1.29, 1.82) is 0 Å². The van der Waals surface area contributed by atoms with Crippen molar-refractivity contribution < 1.29 is 4.79 Å². The Morgan fingerprint density at radius 2 is 1.76 bits per heavy atom. The van der Waals surface area contributed by atoms with Crippen LogP contribution in [0.25, 0.3) is 0 Å². The van der Waals surface area contributed by atoms with Crippen LogP contribution in [0.1, 0.15) is 22.3 Å². The minimum absolute atomic E-state index is 0.0625. The van der Waals surface area contributed by atoms with Crippen LogP contribution in [-0.2, 0) is 5.75 Å². The molecule has 0 N–H and O–H groups in total. The Morgan fingerprint density at radius 3 is 2.59 bits per heavy atom. The molecule has 4 rings (SSSR count). The number of aromatic nitrogens is 3. The van der Waals surface area contributed by atoms with Gasteiger partial charge in [-0.05, 0) is 24.1 Å². The van der Waals surface area contributed by atoms with Crippen molar-refractivity contribution in [2.75, 3.05) is 31.1 Å². The van der Waals surface area contributed by atoms with E-state index in [0.717, 1.165) is 42.7 Å². The second kappa shape index (κ2) is 9.52. The summed E-state index contributed by atoms with van der Waals surface area (Å²) < 4.78 is 0. The average molecular weight is 406 g/mol. The van der Waals surface area contributed by atoms with E-state index in [1.54, 1.807) is 36.3 Å². The molecule has 1 aliphatic rings. The summed E-state index contributed by atoms with van der Waals surface area (Å²) in [5.74, 6) is 1.81. The predicted molar refractivity (Wildman–Crippen MR) is 115 cm³/mol. The van der Waals surface area contributed by atoms with E-state index in [4.69, 9.17) is 4.98 Å². The fourth-order valence-corrected chi connectivity index (χ4v) is 4.12. The van der Waals surface area contributed by atoms with Gasteiger partial charge in [-0.2, -0.15) is 0 Å². The molecule has 0 atom stereocenters. The summed E-state index contributed by atoms with van der Waals surface area (Å²) in [4.78, 5) is 30.0. The molecule has 3 heterocycles. The highest BCUT2D eigenvalue weighted by Gasteiger charge is 2.21. The van der Waals surface area contributed by atoms with E-state index in [-0.39, 0.29) is 5.91 Å². The first kappa shape index (κ1) is 19.4. The van der Waals surface area contributed by atoms with Gasteiger partial charge in [0.05, 0.1) is 12.4 Å². The number of rotatable bonds is 5. The Morgan fingerprint density at radius 1 is 0.931 bits per heavy atom. The van der Waals surface area contributed by atoms with Crippen molar-refractivity contribution in [3.63, 3.8) is 0 Å². The normalized spacial score (nSPS) is 14.5. The Hall–Kier alpha value is -2.93. The van der Waals surface area contributed by atoms with E-state index in [9.17, 15) is 4.79 Å². The monoisotopic (exact) mass is 405 g/mol. The fraction of sp³-hybridized carbons (Fsp3) is 0.273. The summed E-state index contributed by atoms with van der Waals surface area (Å²) in [7, 11) is 0. The number of carbonyl (C=O) groups excluding carboxylic acids is 1. The van der Waals surface area contributed by atoms with Crippen LogP contribution in [0.15, 0.2) is 72.3 Å². The molecule has 29 heavy (non-hydrogen) atoms. The molecular formula is C22H23N5OS. The van der Waals surface area contributed by atoms with E-state index in [2.05, 4.69) is 27.0 Å². The molecule has 2 aromatic heterocycles. The Labute approximate surface area is 175 Å². The van der Waals surface area contributed by atoms with Crippen LogP contribution in [-0.4, -0.2) is 51.9 Å². The van der Waals surface area contributed by atoms with Gasteiger partial charge in [0.1, 0.15) is 10.8 Å². The van der Waals surface area contributed by atoms with E-state index >= 15 is 0 Å². The molecule has 1 aliphatic heterocycles. The Bertz CT molecular complexity index is 938. The van der Waals surface area contributed by atoms with Crippen LogP contribution in [0.3, 0.4) is 0 Å².